The zero-order chi connectivity index (χ0) is 21.0. The van der Waals surface area contributed by atoms with E-state index in [1.165, 1.54) is 8.61 Å². The van der Waals surface area contributed by atoms with E-state index < -0.39 is 10.2 Å². The largest absolute Gasteiger partial charge is 0.497 e. The number of nitrogens with one attached hydrogen (secondary N) is 1. The van der Waals surface area contributed by atoms with E-state index in [9.17, 15) is 13.2 Å². The molecule has 0 radical (unpaired) electrons. The molecule has 0 bridgehead atoms. The Hall–Kier alpha value is -2.42. The molecule has 8 heteroatoms. The van der Waals surface area contributed by atoms with Crippen LogP contribution >= 0.6 is 0 Å². The van der Waals surface area contributed by atoms with Crippen molar-refractivity contribution in [3.63, 3.8) is 0 Å². The number of anilines is 1. The minimum Gasteiger partial charge on any atom is -0.497 e. The molecule has 1 fully saturated rings. The third-order valence-electron chi connectivity index (χ3n) is 5.05. The molecule has 1 heterocycles. The van der Waals surface area contributed by atoms with Crippen molar-refractivity contribution in [1.29, 1.82) is 0 Å². The first-order chi connectivity index (χ1) is 13.8. The highest BCUT2D eigenvalue weighted by Gasteiger charge is 2.34. The highest BCUT2D eigenvalue weighted by atomic mass is 32.2. The monoisotopic (exact) mass is 417 g/mol. The fraction of sp³-hybridized carbons (Fsp3) is 0.381. The summed E-state index contributed by atoms with van der Waals surface area (Å²) < 4.78 is 33.8. The van der Waals surface area contributed by atoms with Crippen LogP contribution in [0.25, 0.3) is 0 Å². The number of para-hydroxylation sites is 1. The van der Waals surface area contributed by atoms with Crippen LogP contribution in [-0.2, 0) is 21.5 Å². The van der Waals surface area contributed by atoms with Gasteiger partial charge in [-0.15, -0.1) is 0 Å². The van der Waals surface area contributed by atoms with Gasteiger partial charge in [-0.1, -0.05) is 30.3 Å². The zero-order valence-electron chi connectivity index (χ0n) is 17.0. The number of aryl methyl sites for hydroxylation is 2. The lowest BCUT2D eigenvalue weighted by Crippen LogP contribution is -2.51. The summed E-state index contributed by atoms with van der Waals surface area (Å²) in [5.41, 5.74) is 3.50. The molecule has 2 aromatic rings. The molecule has 0 spiro atoms. The van der Waals surface area contributed by atoms with Gasteiger partial charge in [0.25, 0.3) is 10.2 Å². The summed E-state index contributed by atoms with van der Waals surface area (Å²) in [7, 11) is -2.12. The van der Waals surface area contributed by atoms with Gasteiger partial charge in [-0.05, 0) is 49.1 Å². The van der Waals surface area contributed by atoms with Crippen LogP contribution in [0.2, 0.25) is 0 Å². The molecule has 0 aromatic heterocycles. The summed E-state index contributed by atoms with van der Waals surface area (Å²) in [5, 5.41) is 2.86. The van der Waals surface area contributed by atoms with Gasteiger partial charge < -0.3 is 10.1 Å². The van der Waals surface area contributed by atoms with E-state index in [0.717, 1.165) is 28.1 Å². The van der Waals surface area contributed by atoms with E-state index in [1.807, 2.05) is 56.3 Å². The molecule has 2 aromatic carbocycles. The molecule has 1 N–H and O–H groups in total. The van der Waals surface area contributed by atoms with Crippen LogP contribution in [0.1, 0.15) is 23.1 Å². The number of rotatable bonds is 6. The Bertz CT molecular complexity index is 954. The van der Waals surface area contributed by atoms with Crippen molar-refractivity contribution < 1.29 is 17.9 Å². The number of nitrogens with zero attached hydrogens (tertiary/aromatic N) is 2. The maximum absolute atomic E-state index is 13.0. The molecule has 1 amide bonds. The maximum atomic E-state index is 13.0. The van der Waals surface area contributed by atoms with Crippen LogP contribution in [0.5, 0.6) is 5.75 Å². The number of carbonyl (C=O) groups excluding carboxylic acids is 1. The van der Waals surface area contributed by atoms with E-state index in [-0.39, 0.29) is 19.0 Å². The third-order valence-corrected chi connectivity index (χ3v) is 6.98. The fourth-order valence-corrected chi connectivity index (χ4v) is 5.06. The Balaban J connectivity index is 1.68. The minimum atomic E-state index is -3.71. The summed E-state index contributed by atoms with van der Waals surface area (Å²) in [5.74, 6) is 0.386. The van der Waals surface area contributed by atoms with E-state index >= 15 is 0 Å². The van der Waals surface area contributed by atoms with Crippen LogP contribution in [0.3, 0.4) is 0 Å². The fourth-order valence-electron chi connectivity index (χ4n) is 3.42. The molecule has 0 unspecified atom stereocenters. The van der Waals surface area contributed by atoms with E-state index in [0.29, 0.717) is 19.5 Å². The van der Waals surface area contributed by atoms with Crippen molar-refractivity contribution in [3.05, 3.63) is 59.2 Å². The van der Waals surface area contributed by atoms with Gasteiger partial charge in [0.1, 0.15) is 5.75 Å². The van der Waals surface area contributed by atoms with Gasteiger partial charge in [-0.2, -0.15) is 17.0 Å². The third kappa shape index (κ3) is 4.95. The highest BCUT2D eigenvalue weighted by Crippen LogP contribution is 2.22. The molecular weight excluding hydrogens is 390 g/mol. The van der Waals surface area contributed by atoms with Crippen molar-refractivity contribution in [2.75, 3.05) is 32.1 Å². The summed E-state index contributed by atoms with van der Waals surface area (Å²) in [6.07, 6.45) is 0.673. The Labute approximate surface area is 172 Å². The first kappa shape index (κ1) is 21.3. The Morgan fingerprint density at radius 3 is 2.28 bits per heavy atom. The average molecular weight is 418 g/mol. The number of benzene rings is 2. The molecular formula is C21H27N3O4S. The van der Waals surface area contributed by atoms with Crippen molar-refractivity contribution in [2.45, 2.75) is 26.8 Å². The summed E-state index contributed by atoms with van der Waals surface area (Å²) >= 11 is 0. The second-order valence-corrected chi connectivity index (χ2v) is 9.12. The molecule has 7 nitrogen and oxygen atoms in total. The normalized spacial score (nSPS) is 17.1. The van der Waals surface area contributed by atoms with Gasteiger partial charge >= 0.3 is 0 Å². The second kappa shape index (κ2) is 8.94. The zero-order valence-corrected chi connectivity index (χ0v) is 17.8. The molecule has 1 aliphatic rings. The number of methoxy groups -OCH3 is 1. The molecule has 156 valence electrons. The summed E-state index contributed by atoms with van der Waals surface area (Å²) in [6, 6.07) is 13.1. The number of carbonyl (C=O) groups is 1. The lowest BCUT2D eigenvalue weighted by Gasteiger charge is -2.34. The van der Waals surface area contributed by atoms with Crippen molar-refractivity contribution in [2.24, 2.45) is 0 Å². The number of hydrogen-bond acceptors (Lipinski definition) is 4. The molecule has 0 aliphatic carbocycles. The topological polar surface area (TPSA) is 79.0 Å². The van der Waals surface area contributed by atoms with Gasteiger partial charge in [-0.3, -0.25) is 4.79 Å². The van der Waals surface area contributed by atoms with Crippen LogP contribution in [0.15, 0.2) is 42.5 Å². The summed E-state index contributed by atoms with van der Waals surface area (Å²) in [6.45, 7) is 4.66. The Kier molecular flexibility index (Phi) is 6.56. The smallest absolute Gasteiger partial charge is 0.282 e. The Morgan fingerprint density at radius 2 is 1.66 bits per heavy atom. The molecule has 1 aliphatic heterocycles. The molecule has 3 rings (SSSR count). The average Bonchev–Trinajstić information content (AvgIpc) is 2.69. The molecule has 0 atom stereocenters. The molecule has 0 saturated carbocycles. The van der Waals surface area contributed by atoms with Crippen LogP contribution in [0, 0.1) is 13.8 Å². The first-order valence-corrected chi connectivity index (χ1v) is 10.9. The first-order valence-electron chi connectivity index (χ1n) is 9.55. The number of ether oxygens (including phenoxy) is 1. The second-order valence-electron chi connectivity index (χ2n) is 7.19. The maximum Gasteiger partial charge on any atom is 0.282 e. The number of hydrogen-bond donors (Lipinski definition) is 1. The Morgan fingerprint density at radius 1 is 1.03 bits per heavy atom. The highest BCUT2D eigenvalue weighted by molar-refractivity contribution is 7.86. The summed E-state index contributed by atoms with van der Waals surface area (Å²) in [4.78, 5) is 12.6. The van der Waals surface area contributed by atoms with Gasteiger partial charge in [0.05, 0.1) is 13.7 Å². The quantitative estimate of drug-likeness (QED) is 0.784. The van der Waals surface area contributed by atoms with Gasteiger partial charge in [0.2, 0.25) is 5.91 Å². The lowest BCUT2D eigenvalue weighted by molar-refractivity contribution is -0.116. The van der Waals surface area contributed by atoms with Crippen molar-refractivity contribution in [1.82, 2.24) is 8.61 Å². The lowest BCUT2D eigenvalue weighted by atomic mass is 10.1. The van der Waals surface area contributed by atoms with Gasteiger partial charge in [0.15, 0.2) is 0 Å². The van der Waals surface area contributed by atoms with Crippen molar-refractivity contribution in [3.8, 4) is 5.75 Å². The SMILES string of the molecule is COc1ccc(CN2CCCN(CC(=O)Nc3c(C)cccc3C)S2(=O)=O)cc1. The van der Waals surface area contributed by atoms with E-state index in [2.05, 4.69) is 5.32 Å². The van der Waals surface area contributed by atoms with Crippen LogP contribution in [0.4, 0.5) is 5.69 Å². The van der Waals surface area contributed by atoms with Crippen molar-refractivity contribution >= 4 is 21.8 Å². The van der Waals surface area contributed by atoms with Crippen LogP contribution < -0.4 is 10.1 Å². The standard InChI is InChI=1S/C21H27N3O4S/c1-16-6-4-7-17(2)21(16)22-20(25)15-24-13-5-12-23(29(24,26)27)14-18-8-10-19(28-3)11-9-18/h4,6-11H,5,12-15H2,1-3H3,(H,22,25). The molecule has 1 saturated heterocycles. The minimum absolute atomic E-state index is 0.199. The van der Waals surface area contributed by atoms with E-state index in [4.69, 9.17) is 4.74 Å². The van der Waals surface area contributed by atoms with Gasteiger partial charge in [0, 0.05) is 25.3 Å². The molecule has 29 heavy (non-hydrogen) atoms. The van der Waals surface area contributed by atoms with Crippen LogP contribution in [-0.4, -0.2) is 49.7 Å². The van der Waals surface area contributed by atoms with E-state index in [1.54, 1.807) is 7.11 Å². The number of amides is 1. The van der Waals surface area contributed by atoms with Gasteiger partial charge in [-0.25, -0.2) is 0 Å². The predicted octanol–water partition coefficient (Wildman–Crippen LogP) is 2.70. The predicted molar refractivity (Wildman–Crippen MR) is 113 cm³/mol.